The van der Waals surface area contributed by atoms with Crippen LogP contribution < -0.4 is 0 Å². The van der Waals surface area contributed by atoms with Crippen molar-refractivity contribution >= 4 is 10.0 Å². The van der Waals surface area contributed by atoms with Crippen LogP contribution in [0.15, 0.2) is 45.9 Å². The fourth-order valence-electron chi connectivity index (χ4n) is 1.82. The van der Waals surface area contributed by atoms with Crippen molar-refractivity contribution in [3.05, 3.63) is 54.0 Å². The van der Waals surface area contributed by atoms with Gasteiger partial charge in [0.25, 0.3) is 0 Å². The Hall–Kier alpha value is -2.24. The molecular formula is C14H12F2N2O3S. The number of halogens is 2. The zero-order chi connectivity index (χ0) is 16.2. The number of nitriles is 1. The van der Waals surface area contributed by atoms with Gasteiger partial charge >= 0.3 is 0 Å². The third-order valence-corrected chi connectivity index (χ3v) is 4.76. The van der Waals surface area contributed by atoms with Crippen molar-refractivity contribution in [1.82, 2.24) is 4.31 Å². The molecule has 0 bridgehead atoms. The lowest BCUT2D eigenvalue weighted by Gasteiger charge is -2.20. The summed E-state index contributed by atoms with van der Waals surface area (Å²) in [6, 6.07) is 7.38. The lowest BCUT2D eigenvalue weighted by atomic mass is 10.3. The first kappa shape index (κ1) is 16.1. The lowest BCUT2D eigenvalue weighted by molar-refractivity contribution is 0.368. The average molecular weight is 326 g/mol. The molecule has 1 aromatic heterocycles. The van der Waals surface area contributed by atoms with Gasteiger partial charge in [-0.25, -0.2) is 17.2 Å². The minimum atomic E-state index is -4.07. The molecule has 0 saturated carbocycles. The average Bonchev–Trinajstić information content (AvgIpc) is 2.99. The number of hydrogen-bond acceptors (Lipinski definition) is 4. The van der Waals surface area contributed by atoms with Crippen molar-refractivity contribution in [3.8, 4) is 6.07 Å². The largest absolute Gasteiger partial charge is 0.468 e. The van der Waals surface area contributed by atoms with Gasteiger partial charge < -0.3 is 4.42 Å². The van der Waals surface area contributed by atoms with E-state index in [2.05, 4.69) is 0 Å². The molecule has 0 saturated heterocycles. The van der Waals surface area contributed by atoms with E-state index < -0.39 is 21.7 Å². The van der Waals surface area contributed by atoms with Crippen LogP contribution in [0.1, 0.15) is 12.2 Å². The topological polar surface area (TPSA) is 74.3 Å². The number of benzene rings is 1. The Labute approximate surface area is 126 Å². The monoisotopic (exact) mass is 326 g/mol. The molecule has 2 rings (SSSR count). The van der Waals surface area contributed by atoms with E-state index in [0.717, 1.165) is 16.4 Å². The second kappa shape index (κ2) is 6.68. The number of furan rings is 1. The van der Waals surface area contributed by atoms with E-state index in [4.69, 9.17) is 9.68 Å². The minimum Gasteiger partial charge on any atom is -0.468 e. The zero-order valence-corrected chi connectivity index (χ0v) is 12.2. The van der Waals surface area contributed by atoms with E-state index in [1.807, 2.05) is 6.07 Å². The molecule has 0 spiro atoms. The van der Waals surface area contributed by atoms with E-state index in [-0.39, 0.29) is 24.4 Å². The van der Waals surface area contributed by atoms with Crippen LogP contribution in [0.2, 0.25) is 0 Å². The summed E-state index contributed by atoms with van der Waals surface area (Å²) >= 11 is 0. The maximum atomic E-state index is 13.3. The summed E-state index contributed by atoms with van der Waals surface area (Å²) in [7, 11) is -4.07. The maximum absolute atomic E-state index is 13.3. The van der Waals surface area contributed by atoms with Crippen LogP contribution in [0.5, 0.6) is 0 Å². The third kappa shape index (κ3) is 3.50. The lowest BCUT2D eigenvalue weighted by Crippen LogP contribution is -2.31. The molecule has 5 nitrogen and oxygen atoms in total. The Bertz CT molecular complexity index is 783. The molecule has 116 valence electrons. The molecule has 0 fully saturated rings. The van der Waals surface area contributed by atoms with E-state index in [9.17, 15) is 17.2 Å². The van der Waals surface area contributed by atoms with E-state index in [1.165, 1.54) is 6.26 Å². The molecule has 1 heterocycles. The quantitative estimate of drug-likeness (QED) is 0.818. The van der Waals surface area contributed by atoms with Crippen LogP contribution in [0.25, 0.3) is 0 Å². The minimum absolute atomic E-state index is 0.0381. The van der Waals surface area contributed by atoms with E-state index in [1.54, 1.807) is 12.1 Å². The van der Waals surface area contributed by atoms with Crippen molar-refractivity contribution in [2.75, 3.05) is 6.54 Å². The fourth-order valence-corrected chi connectivity index (χ4v) is 3.24. The highest BCUT2D eigenvalue weighted by Gasteiger charge is 2.26. The van der Waals surface area contributed by atoms with Gasteiger partial charge in [-0.1, -0.05) is 0 Å². The molecule has 0 N–H and O–H groups in total. The first-order valence-electron chi connectivity index (χ1n) is 6.29. The SMILES string of the molecule is N#CCCN(Cc1ccco1)S(=O)(=O)c1ccc(F)c(F)c1. The predicted molar refractivity (Wildman–Crippen MR) is 72.9 cm³/mol. The summed E-state index contributed by atoms with van der Waals surface area (Å²) in [5.41, 5.74) is 0. The van der Waals surface area contributed by atoms with Crippen molar-refractivity contribution < 1.29 is 21.6 Å². The van der Waals surface area contributed by atoms with Crippen molar-refractivity contribution in [2.24, 2.45) is 0 Å². The Kier molecular flexibility index (Phi) is 4.90. The van der Waals surface area contributed by atoms with Crippen LogP contribution in [0, 0.1) is 23.0 Å². The Balaban J connectivity index is 2.35. The Morgan fingerprint density at radius 1 is 1.23 bits per heavy atom. The molecule has 0 amide bonds. The van der Waals surface area contributed by atoms with Crippen LogP contribution in [-0.2, 0) is 16.6 Å². The number of nitrogens with zero attached hydrogens (tertiary/aromatic N) is 2. The molecule has 8 heteroatoms. The Morgan fingerprint density at radius 2 is 2.00 bits per heavy atom. The molecule has 0 atom stereocenters. The second-order valence-electron chi connectivity index (χ2n) is 4.40. The maximum Gasteiger partial charge on any atom is 0.243 e. The number of rotatable bonds is 6. The highest BCUT2D eigenvalue weighted by Crippen LogP contribution is 2.21. The van der Waals surface area contributed by atoms with Crippen molar-refractivity contribution in [2.45, 2.75) is 17.9 Å². The van der Waals surface area contributed by atoms with Gasteiger partial charge in [-0.15, -0.1) is 0 Å². The highest BCUT2D eigenvalue weighted by molar-refractivity contribution is 7.89. The van der Waals surface area contributed by atoms with E-state index >= 15 is 0 Å². The molecule has 1 aromatic carbocycles. The van der Waals surface area contributed by atoms with Gasteiger partial charge in [0.1, 0.15) is 5.76 Å². The third-order valence-electron chi connectivity index (χ3n) is 2.91. The summed E-state index contributed by atoms with van der Waals surface area (Å²) in [5, 5.41) is 8.65. The van der Waals surface area contributed by atoms with Gasteiger partial charge in [-0.05, 0) is 30.3 Å². The molecule has 0 aliphatic carbocycles. The van der Waals surface area contributed by atoms with Crippen LogP contribution >= 0.6 is 0 Å². The van der Waals surface area contributed by atoms with Gasteiger partial charge in [0.2, 0.25) is 10.0 Å². The molecular weight excluding hydrogens is 314 g/mol. The zero-order valence-electron chi connectivity index (χ0n) is 11.4. The van der Waals surface area contributed by atoms with Crippen molar-refractivity contribution in [3.63, 3.8) is 0 Å². The second-order valence-corrected chi connectivity index (χ2v) is 6.34. The molecule has 0 unspecified atom stereocenters. The first-order valence-corrected chi connectivity index (χ1v) is 7.73. The summed E-state index contributed by atoms with van der Waals surface area (Å²) in [4.78, 5) is -0.379. The molecule has 2 aromatic rings. The fraction of sp³-hybridized carbons (Fsp3) is 0.214. The van der Waals surface area contributed by atoms with Gasteiger partial charge in [-0.2, -0.15) is 9.57 Å². The summed E-state index contributed by atoms with van der Waals surface area (Å²) < 4.78 is 57.3. The van der Waals surface area contributed by atoms with Gasteiger partial charge in [-0.3, -0.25) is 0 Å². The molecule has 0 aliphatic heterocycles. The smallest absolute Gasteiger partial charge is 0.243 e. The highest BCUT2D eigenvalue weighted by atomic mass is 32.2. The summed E-state index contributed by atoms with van der Waals surface area (Å²) in [5.74, 6) is -2.00. The van der Waals surface area contributed by atoms with Gasteiger partial charge in [0.15, 0.2) is 11.6 Å². The Morgan fingerprint density at radius 3 is 2.59 bits per heavy atom. The van der Waals surface area contributed by atoms with Crippen LogP contribution in [0.4, 0.5) is 8.78 Å². The first-order chi connectivity index (χ1) is 10.4. The summed E-state index contributed by atoms with van der Waals surface area (Å²) in [6.45, 7) is -0.186. The molecule has 22 heavy (non-hydrogen) atoms. The van der Waals surface area contributed by atoms with Crippen LogP contribution in [-0.4, -0.2) is 19.3 Å². The van der Waals surface area contributed by atoms with E-state index in [0.29, 0.717) is 11.8 Å². The van der Waals surface area contributed by atoms with Gasteiger partial charge in [0.05, 0.1) is 23.8 Å². The van der Waals surface area contributed by atoms with Gasteiger partial charge in [0, 0.05) is 13.0 Å². The number of hydrogen-bond donors (Lipinski definition) is 0. The summed E-state index contributed by atoms with van der Waals surface area (Å²) in [6.07, 6.45) is 1.35. The predicted octanol–water partition coefficient (Wildman–Crippen LogP) is 2.66. The standard InChI is InChI=1S/C14H12F2N2O3S/c15-13-5-4-12(9-14(13)16)22(19,20)18(7-2-6-17)10-11-3-1-8-21-11/h1,3-5,8-9H,2,7,10H2. The van der Waals surface area contributed by atoms with Crippen molar-refractivity contribution in [1.29, 1.82) is 5.26 Å². The molecule has 0 radical (unpaired) electrons. The molecule has 0 aliphatic rings. The van der Waals surface area contributed by atoms with Crippen LogP contribution in [0.3, 0.4) is 0 Å². The normalized spacial score (nSPS) is 11.5. The number of sulfonamides is 1.